The van der Waals surface area contributed by atoms with Crippen LogP contribution >= 0.6 is 0 Å². The second-order valence-corrected chi connectivity index (χ2v) is 2.39. The zero-order valence-corrected chi connectivity index (χ0v) is 6.12. The number of hydrogen-bond donors (Lipinski definition) is 2. The first kappa shape index (κ1) is 7.26. The third-order valence-corrected chi connectivity index (χ3v) is 1.62. The summed E-state index contributed by atoms with van der Waals surface area (Å²) in [6.45, 7) is 0. The van der Waals surface area contributed by atoms with Crippen molar-refractivity contribution in [3.63, 3.8) is 0 Å². The van der Waals surface area contributed by atoms with Gasteiger partial charge >= 0.3 is 7.12 Å². The minimum atomic E-state index is -1.52. The molecule has 2 N–H and O–H groups in total. The molecule has 0 radical (unpaired) electrons. The van der Waals surface area contributed by atoms with Crippen LogP contribution < -0.4 is 5.59 Å². The first-order valence-electron chi connectivity index (χ1n) is 3.44. The predicted octanol–water partition coefficient (Wildman–Crippen LogP) is -1.59. The Kier molecular flexibility index (Phi) is 1.56. The van der Waals surface area contributed by atoms with Gasteiger partial charge < -0.3 is 10.0 Å². The number of rotatable bonds is 1. The molecule has 0 fully saturated rings. The van der Waals surface area contributed by atoms with Crippen LogP contribution in [0.2, 0.25) is 0 Å². The topological polar surface area (TPSA) is 70.7 Å². The van der Waals surface area contributed by atoms with Gasteiger partial charge in [0.25, 0.3) is 0 Å². The average Bonchev–Trinajstić information content (AvgIpc) is 2.49. The summed E-state index contributed by atoms with van der Waals surface area (Å²) < 4.78 is 1.38. The van der Waals surface area contributed by atoms with E-state index in [2.05, 4.69) is 10.3 Å². The number of aromatic nitrogens is 3. The highest BCUT2D eigenvalue weighted by Gasteiger charge is 2.14. The number of hydrogen-bond acceptors (Lipinski definition) is 4. The van der Waals surface area contributed by atoms with E-state index < -0.39 is 7.12 Å². The van der Waals surface area contributed by atoms with Crippen molar-refractivity contribution in [2.45, 2.75) is 0 Å². The van der Waals surface area contributed by atoms with E-state index in [1.54, 1.807) is 24.4 Å². The van der Waals surface area contributed by atoms with Crippen molar-refractivity contribution in [1.82, 2.24) is 14.8 Å². The molecule has 0 aromatic carbocycles. The van der Waals surface area contributed by atoms with Crippen LogP contribution in [0.1, 0.15) is 0 Å². The first-order chi connectivity index (χ1) is 5.79. The highest BCUT2D eigenvalue weighted by molar-refractivity contribution is 6.57. The van der Waals surface area contributed by atoms with Gasteiger partial charge in [-0.1, -0.05) is 11.3 Å². The average molecular weight is 163 g/mol. The second kappa shape index (κ2) is 2.58. The molecule has 0 unspecified atom stereocenters. The summed E-state index contributed by atoms with van der Waals surface area (Å²) in [4.78, 5) is 0. The van der Waals surface area contributed by atoms with Gasteiger partial charge in [-0.15, -0.1) is 5.10 Å². The summed E-state index contributed by atoms with van der Waals surface area (Å²) in [6, 6.07) is 5.08. The molecule has 0 bridgehead atoms. The molecule has 2 aromatic heterocycles. The van der Waals surface area contributed by atoms with E-state index in [4.69, 9.17) is 10.0 Å². The molecule has 0 aliphatic rings. The molecule has 0 amide bonds. The Morgan fingerprint density at radius 2 is 2.17 bits per heavy atom. The van der Waals surface area contributed by atoms with Gasteiger partial charge in [0.1, 0.15) is 0 Å². The summed E-state index contributed by atoms with van der Waals surface area (Å²) in [5, 5.41) is 25.1. The quantitative estimate of drug-likeness (QED) is 0.497. The van der Waals surface area contributed by atoms with Gasteiger partial charge in [0.15, 0.2) is 0 Å². The molecular formula is C6H6BN3O2. The monoisotopic (exact) mass is 163 g/mol. The van der Waals surface area contributed by atoms with Gasteiger partial charge in [-0.2, -0.15) is 0 Å². The van der Waals surface area contributed by atoms with Crippen LogP contribution in [-0.2, 0) is 0 Å². The molecule has 6 heteroatoms. The van der Waals surface area contributed by atoms with Gasteiger partial charge in [-0.05, 0) is 12.1 Å². The zero-order chi connectivity index (χ0) is 8.55. The van der Waals surface area contributed by atoms with Crippen molar-refractivity contribution >= 4 is 18.2 Å². The highest BCUT2D eigenvalue weighted by Crippen LogP contribution is 1.95. The van der Waals surface area contributed by atoms with Gasteiger partial charge in [-0.25, -0.2) is 4.52 Å². The van der Waals surface area contributed by atoms with E-state index in [-0.39, 0.29) is 0 Å². The first-order valence-corrected chi connectivity index (χ1v) is 3.44. The van der Waals surface area contributed by atoms with Crippen molar-refractivity contribution < 1.29 is 10.0 Å². The van der Waals surface area contributed by atoms with Crippen molar-refractivity contribution in [2.24, 2.45) is 0 Å². The lowest BCUT2D eigenvalue weighted by Crippen LogP contribution is -2.35. The molecule has 0 aliphatic carbocycles. The van der Waals surface area contributed by atoms with E-state index in [1.807, 2.05) is 0 Å². The van der Waals surface area contributed by atoms with E-state index in [9.17, 15) is 0 Å². The van der Waals surface area contributed by atoms with E-state index in [0.29, 0.717) is 5.59 Å². The van der Waals surface area contributed by atoms with Crippen LogP contribution in [0.25, 0.3) is 5.52 Å². The number of nitrogens with zero attached hydrogens (tertiary/aromatic N) is 3. The summed E-state index contributed by atoms with van der Waals surface area (Å²) in [7, 11) is -1.52. The normalized spacial score (nSPS) is 10.5. The maximum Gasteiger partial charge on any atom is 0.508 e. The van der Waals surface area contributed by atoms with Crippen LogP contribution in [0, 0.1) is 0 Å². The minimum Gasteiger partial charge on any atom is -0.422 e. The van der Waals surface area contributed by atoms with Crippen molar-refractivity contribution in [2.75, 3.05) is 0 Å². The molecule has 0 atom stereocenters. The standard InChI is InChI=1S/C6H6BN3O2/c11-7(12)6-3-1-2-5-4-8-9-10(5)6/h1-4,11-12H. The molecule has 2 aromatic rings. The molecule has 0 saturated carbocycles. The van der Waals surface area contributed by atoms with Crippen LogP contribution in [-0.4, -0.2) is 32.0 Å². The molecule has 5 nitrogen and oxygen atoms in total. The Hall–Kier alpha value is -1.40. The SMILES string of the molecule is OB(O)c1cccc2cnnn12. The van der Waals surface area contributed by atoms with Crippen molar-refractivity contribution in [3.8, 4) is 0 Å². The fraction of sp³-hybridized carbons (Fsp3) is 0. The van der Waals surface area contributed by atoms with Crippen molar-refractivity contribution in [3.05, 3.63) is 24.4 Å². The Morgan fingerprint density at radius 3 is 2.92 bits per heavy atom. The van der Waals surface area contributed by atoms with Crippen LogP contribution in [0.3, 0.4) is 0 Å². The third-order valence-electron chi connectivity index (χ3n) is 1.62. The molecule has 60 valence electrons. The fourth-order valence-corrected chi connectivity index (χ4v) is 1.07. The van der Waals surface area contributed by atoms with Crippen LogP contribution in [0.15, 0.2) is 24.4 Å². The molecular weight excluding hydrogens is 157 g/mol. The minimum absolute atomic E-state index is 0.310. The lowest BCUT2D eigenvalue weighted by Gasteiger charge is -2.00. The highest BCUT2D eigenvalue weighted by atomic mass is 16.4. The van der Waals surface area contributed by atoms with E-state index in [1.165, 1.54) is 4.52 Å². The summed E-state index contributed by atoms with van der Waals surface area (Å²) in [5.74, 6) is 0. The van der Waals surface area contributed by atoms with Crippen molar-refractivity contribution in [1.29, 1.82) is 0 Å². The third kappa shape index (κ3) is 0.974. The van der Waals surface area contributed by atoms with Gasteiger partial charge in [0.05, 0.1) is 17.3 Å². The fourth-order valence-electron chi connectivity index (χ4n) is 1.07. The second-order valence-electron chi connectivity index (χ2n) is 2.39. The van der Waals surface area contributed by atoms with E-state index >= 15 is 0 Å². The Labute approximate surface area is 68.4 Å². The lowest BCUT2D eigenvalue weighted by molar-refractivity contribution is 0.423. The van der Waals surface area contributed by atoms with Gasteiger partial charge in [0.2, 0.25) is 0 Å². The molecule has 12 heavy (non-hydrogen) atoms. The summed E-state index contributed by atoms with van der Waals surface area (Å²) in [5.41, 5.74) is 1.05. The van der Waals surface area contributed by atoms with Gasteiger partial charge in [-0.3, -0.25) is 0 Å². The molecule has 2 heterocycles. The van der Waals surface area contributed by atoms with E-state index in [0.717, 1.165) is 5.52 Å². The zero-order valence-electron chi connectivity index (χ0n) is 6.12. The molecule has 0 saturated heterocycles. The Balaban J connectivity index is 2.73. The maximum atomic E-state index is 8.91. The molecule has 0 spiro atoms. The largest absolute Gasteiger partial charge is 0.508 e. The smallest absolute Gasteiger partial charge is 0.422 e. The molecule has 2 rings (SSSR count). The summed E-state index contributed by atoms with van der Waals surface area (Å²) >= 11 is 0. The predicted molar refractivity (Wildman–Crippen MR) is 42.8 cm³/mol. The Morgan fingerprint density at radius 1 is 1.33 bits per heavy atom. The number of fused-ring (bicyclic) bond motifs is 1. The molecule has 0 aliphatic heterocycles. The van der Waals surface area contributed by atoms with Gasteiger partial charge in [0, 0.05) is 0 Å². The maximum absolute atomic E-state index is 8.91. The van der Waals surface area contributed by atoms with Crippen LogP contribution in [0.5, 0.6) is 0 Å². The van der Waals surface area contributed by atoms with Crippen LogP contribution in [0.4, 0.5) is 0 Å². The summed E-state index contributed by atoms with van der Waals surface area (Å²) in [6.07, 6.45) is 1.55. The number of pyridine rings is 1. The lowest BCUT2D eigenvalue weighted by atomic mass is 9.85. The Bertz CT molecular complexity index is 400.